The van der Waals surface area contributed by atoms with E-state index in [0.717, 1.165) is 16.8 Å². The van der Waals surface area contributed by atoms with Gasteiger partial charge >= 0.3 is 5.97 Å². The number of hydrogen-bond acceptors (Lipinski definition) is 7. The molecule has 1 aliphatic carbocycles. The summed E-state index contributed by atoms with van der Waals surface area (Å²) in [5.74, 6) is 0.864. The second kappa shape index (κ2) is 12.0. The smallest absolute Gasteiger partial charge is 0.337 e. The number of ketones is 1. The summed E-state index contributed by atoms with van der Waals surface area (Å²) in [6.45, 7) is 9.64. The molecule has 0 spiro atoms. The van der Waals surface area contributed by atoms with E-state index in [0.29, 0.717) is 53.4 Å². The van der Waals surface area contributed by atoms with Crippen molar-refractivity contribution in [2.24, 2.45) is 0 Å². The Morgan fingerprint density at radius 3 is 2.38 bits per heavy atom. The summed E-state index contributed by atoms with van der Waals surface area (Å²) in [5, 5.41) is 3.42. The molecule has 7 nitrogen and oxygen atoms in total. The van der Waals surface area contributed by atoms with Gasteiger partial charge in [0.1, 0.15) is 5.75 Å². The van der Waals surface area contributed by atoms with Crippen LogP contribution in [0.2, 0.25) is 0 Å². The van der Waals surface area contributed by atoms with Gasteiger partial charge in [-0.1, -0.05) is 31.2 Å². The van der Waals surface area contributed by atoms with Gasteiger partial charge in [-0.15, -0.1) is 0 Å². The van der Waals surface area contributed by atoms with Crippen molar-refractivity contribution in [1.29, 1.82) is 0 Å². The molecule has 0 fully saturated rings. The van der Waals surface area contributed by atoms with Crippen LogP contribution in [0.25, 0.3) is 0 Å². The van der Waals surface area contributed by atoms with Crippen LogP contribution < -0.4 is 19.5 Å². The van der Waals surface area contributed by atoms with E-state index in [1.54, 1.807) is 14.2 Å². The van der Waals surface area contributed by atoms with Crippen LogP contribution in [0.3, 0.4) is 0 Å². The predicted octanol–water partition coefficient (Wildman–Crippen LogP) is 6.19. The molecular formula is C32H39NO6. The van der Waals surface area contributed by atoms with E-state index in [4.69, 9.17) is 18.9 Å². The highest BCUT2D eigenvalue weighted by atomic mass is 16.5. The number of dihydropyridines is 1. The second-order valence-corrected chi connectivity index (χ2v) is 10.5. The van der Waals surface area contributed by atoms with E-state index >= 15 is 0 Å². The number of Topliss-reactive ketones (excluding diaryl/α,β-unsaturated/α-hetero) is 1. The number of carbonyl (C=O) groups is 2. The third-order valence-corrected chi connectivity index (χ3v) is 7.40. The average Bonchev–Trinajstić information content (AvgIpc) is 2.91. The summed E-state index contributed by atoms with van der Waals surface area (Å²) in [7, 11) is 3.21. The van der Waals surface area contributed by atoms with E-state index < -0.39 is 11.9 Å². The third-order valence-electron chi connectivity index (χ3n) is 7.40. The Morgan fingerprint density at radius 1 is 1.00 bits per heavy atom. The van der Waals surface area contributed by atoms with Crippen LogP contribution in [0, 0.1) is 0 Å². The highest BCUT2D eigenvalue weighted by molar-refractivity contribution is 6.04. The van der Waals surface area contributed by atoms with Crippen molar-refractivity contribution in [2.75, 3.05) is 14.2 Å². The van der Waals surface area contributed by atoms with Gasteiger partial charge in [0.25, 0.3) is 0 Å². The van der Waals surface area contributed by atoms with Crippen LogP contribution in [-0.2, 0) is 14.3 Å². The van der Waals surface area contributed by atoms with Crippen LogP contribution in [0.5, 0.6) is 17.2 Å². The molecule has 0 saturated heterocycles. The van der Waals surface area contributed by atoms with Crippen LogP contribution in [0.1, 0.15) is 76.8 Å². The Balaban J connectivity index is 1.81. The van der Waals surface area contributed by atoms with E-state index in [1.807, 2.05) is 77.1 Å². The zero-order chi connectivity index (χ0) is 28.3. The number of rotatable bonds is 9. The molecule has 2 aromatic carbocycles. The van der Waals surface area contributed by atoms with Crippen molar-refractivity contribution in [2.45, 2.75) is 77.9 Å². The van der Waals surface area contributed by atoms with E-state index in [1.165, 1.54) is 0 Å². The van der Waals surface area contributed by atoms with E-state index in [-0.39, 0.29) is 23.9 Å². The van der Waals surface area contributed by atoms with E-state index in [2.05, 4.69) is 5.32 Å². The van der Waals surface area contributed by atoms with Crippen molar-refractivity contribution in [3.8, 4) is 17.2 Å². The van der Waals surface area contributed by atoms with Crippen molar-refractivity contribution in [3.05, 3.63) is 76.1 Å². The number of ether oxygens (including phenoxy) is 4. The monoisotopic (exact) mass is 533 g/mol. The number of allylic oxidation sites excluding steroid dienone is 3. The quantitative estimate of drug-likeness (QED) is 0.385. The van der Waals surface area contributed by atoms with E-state index in [9.17, 15) is 9.59 Å². The molecule has 39 heavy (non-hydrogen) atoms. The van der Waals surface area contributed by atoms with Gasteiger partial charge in [0.15, 0.2) is 17.3 Å². The molecule has 0 saturated carbocycles. The first-order valence-electron chi connectivity index (χ1n) is 13.6. The van der Waals surface area contributed by atoms with Gasteiger partial charge in [-0.2, -0.15) is 0 Å². The maximum absolute atomic E-state index is 14.0. The molecular weight excluding hydrogens is 494 g/mol. The minimum Gasteiger partial charge on any atom is -0.493 e. The summed E-state index contributed by atoms with van der Waals surface area (Å²) >= 11 is 0. The standard InChI is InChI=1S/C32H39NO6/c1-8-19(4)39-32(35)29-20(5)33-24-15-22(21-13-14-27(36-6)28(17-21)37-7)16-25(34)31(24)30(29)23-11-9-10-12-26(23)38-18(2)3/h9-14,17-19,22,30,33H,8,15-16H2,1-7H3/t19-,22+,30-/m0/s1. The topological polar surface area (TPSA) is 83.1 Å². The maximum atomic E-state index is 14.0. The van der Waals surface area contributed by atoms with Gasteiger partial charge in [-0.3, -0.25) is 4.79 Å². The second-order valence-electron chi connectivity index (χ2n) is 10.5. The molecule has 0 unspecified atom stereocenters. The number of benzene rings is 2. The largest absolute Gasteiger partial charge is 0.493 e. The molecule has 1 heterocycles. The molecule has 0 amide bonds. The zero-order valence-electron chi connectivity index (χ0n) is 23.9. The van der Waals surface area contributed by atoms with Gasteiger partial charge in [0.05, 0.1) is 37.9 Å². The SMILES string of the molecule is CC[C@H](C)OC(=O)C1=C(C)NC2=C(C(=O)C[C@H](c3ccc(OC)c(OC)c3)C2)[C@H]1c1ccccc1OC(C)C. The molecule has 0 aromatic heterocycles. The molecule has 2 aliphatic rings. The Labute approximate surface area is 231 Å². The zero-order valence-corrected chi connectivity index (χ0v) is 23.9. The first-order valence-corrected chi connectivity index (χ1v) is 13.6. The minimum atomic E-state index is -0.591. The number of nitrogens with one attached hydrogen (secondary N) is 1. The fraction of sp³-hybridized carbons (Fsp3) is 0.438. The molecule has 1 N–H and O–H groups in total. The number of para-hydroxylation sites is 1. The molecule has 7 heteroatoms. The van der Waals surface area contributed by atoms with Gasteiger partial charge in [-0.25, -0.2) is 4.79 Å². The summed E-state index contributed by atoms with van der Waals surface area (Å²) in [6.07, 6.45) is 1.31. The molecule has 3 atom stereocenters. The lowest BCUT2D eigenvalue weighted by molar-refractivity contribution is -0.144. The van der Waals surface area contributed by atoms with Crippen molar-refractivity contribution >= 4 is 11.8 Å². The summed E-state index contributed by atoms with van der Waals surface area (Å²) < 4.78 is 22.9. The number of methoxy groups -OCH3 is 2. The third kappa shape index (κ3) is 5.82. The van der Waals surface area contributed by atoms with Crippen molar-refractivity contribution in [1.82, 2.24) is 5.32 Å². The van der Waals surface area contributed by atoms with Gasteiger partial charge < -0.3 is 24.3 Å². The normalized spacial score (nSPS) is 19.8. The van der Waals surface area contributed by atoms with Gasteiger partial charge in [0.2, 0.25) is 0 Å². The van der Waals surface area contributed by atoms with Crippen LogP contribution in [-0.4, -0.2) is 38.2 Å². The summed E-state index contributed by atoms with van der Waals surface area (Å²) in [5.41, 5.74) is 4.35. The molecule has 4 rings (SSSR count). The van der Waals surface area contributed by atoms with Gasteiger partial charge in [0, 0.05) is 29.0 Å². The number of hydrogen-bond donors (Lipinski definition) is 1. The summed E-state index contributed by atoms with van der Waals surface area (Å²) in [4.78, 5) is 27.6. The first-order chi connectivity index (χ1) is 18.7. The number of carbonyl (C=O) groups excluding carboxylic acids is 2. The lowest BCUT2D eigenvalue weighted by atomic mass is 9.71. The lowest BCUT2D eigenvalue weighted by Crippen LogP contribution is -2.36. The predicted molar refractivity (Wildman–Crippen MR) is 150 cm³/mol. The maximum Gasteiger partial charge on any atom is 0.337 e. The molecule has 0 radical (unpaired) electrons. The Hall–Kier alpha value is -3.74. The molecule has 2 aromatic rings. The first kappa shape index (κ1) is 28.3. The number of esters is 1. The summed E-state index contributed by atoms with van der Waals surface area (Å²) in [6, 6.07) is 13.4. The highest BCUT2D eigenvalue weighted by Gasteiger charge is 2.42. The van der Waals surface area contributed by atoms with Gasteiger partial charge in [-0.05, 0) is 70.2 Å². The van der Waals surface area contributed by atoms with Crippen LogP contribution >= 0.6 is 0 Å². The lowest BCUT2D eigenvalue weighted by Gasteiger charge is -2.37. The van der Waals surface area contributed by atoms with Crippen molar-refractivity contribution in [3.63, 3.8) is 0 Å². The minimum absolute atomic E-state index is 0.00535. The Kier molecular flexibility index (Phi) is 8.68. The van der Waals surface area contributed by atoms with Crippen molar-refractivity contribution < 1.29 is 28.5 Å². The van der Waals surface area contributed by atoms with Crippen LogP contribution in [0.15, 0.2) is 65.0 Å². The fourth-order valence-corrected chi connectivity index (χ4v) is 5.37. The molecule has 0 bridgehead atoms. The highest BCUT2D eigenvalue weighted by Crippen LogP contribution is 2.48. The Morgan fingerprint density at radius 2 is 1.72 bits per heavy atom. The molecule has 1 aliphatic heterocycles. The molecule has 208 valence electrons. The average molecular weight is 534 g/mol. The Bertz CT molecular complexity index is 1310. The fourth-order valence-electron chi connectivity index (χ4n) is 5.37. The van der Waals surface area contributed by atoms with Crippen LogP contribution in [0.4, 0.5) is 0 Å².